The Balaban J connectivity index is 0.000000464. The Morgan fingerprint density at radius 1 is 0.598 bits per heavy atom. The number of phenols is 5. The Morgan fingerprint density at radius 3 is 1.72 bits per heavy atom. The van der Waals surface area contributed by atoms with E-state index in [2.05, 4.69) is 55.2 Å². The molecular formula is C58H80N8O15S. The number of phenolic OH excluding ortho intramolecular Hbond substituents is 5. The van der Waals surface area contributed by atoms with E-state index in [0.29, 0.717) is 70.1 Å². The van der Waals surface area contributed by atoms with Crippen LogP contribution in [-0.2, 0) is 68.8 Å². The minimum Gasteiger partial charge on any atom is -0.508 e. The lowest BCUT2D eigenvalue weighted by Crippen LogP contribution is -2.53. The number of carboxylic acid groups (broad SMARTS) is 1. The quantitative estimate of drug-likeness (QED) is 0.0103. The zero-order valence-corrected chi connectivity index (χ0v) is 47.7. The van der Waals surface area contributed by atoms with Gasteiger partial charge in [-0.15, -0.1) is 0 Å². The number of amides is 6. The van der Waals surface area contributed by atoms with Gasteiger partial charge in [0.05, 0.1) is 42.3 Å². The van der Waals surface area contributed by atoms with Crippen LogP contribution in [0.3, 0.4) is 0 Å². The molecule has 0 radical (unpaired) electrons. The van der Waals surface area contributed by atoms with Crippen molar-refractivity contribution in [1.82, 2.24) is 42.5 Å². The van der Waals surface area contributed by atoms with Crippen LogP contribution in [0.2, 0.25) is 0 Å². The van der Waals surface area contributed by atoms with E-state index in [1.165, 1.54) is 36.4 Å². The standard InChI is InChI=1S/C34H50N6O8S.C24H30N2O7/c1-5-39-34(4,49)22-48-33(2,3)15-16-35-26(17-24-11-13-25(41)14-12-24)31(46)38-20-29(43)40-27(18-23-9-7-6-8-10-23)32(47)37-19-28(42)36-21-30(44)45;27-15-18(26-24(33)11-7-17-5-9-20(29)22(31)14-17)3-1-2-12-25-23(32)10-6-16-4-8-19(28)21(30)13-16/h6-14,26-27,35,39,41,49H,5,15-22H2,1-4H3,(H,36,42)(H,37,47)(H,38,46)(H,40,43)(H,44,45);4-5,8-9,13-15,18,28-31H,1-3,6-7,10-12H2,(H,25,32)(H,26,33). The average molecular weight is 1160 g/mol. The van der Waals surface area contributed by atoms with Crippen LogP contribution in [0.15, 0.2) is 91.0 Å². The SMILES string of the molecule is CCNC(C)(S)COC(C)(C)CCNC(Cc1ccc(O)cc1)C(=O)NCC(=O)NC(Cc1ccccc1)C(=O)NCC(=O)NCC(=O)O.O=CC(CCCCNC(=O)CCc1ccc(O)c(O)c1)NC(=O)CCc1ccc(O)c(O)c1. The summed E-state index contributed by atoms with van der Waals surface area (Å²) in [6, 6.07) is 21.8. The summed E-state index contributed by atoms with van der Waals surface area (Å²) in [5.74, 6) is -4.89. The van der Waals surface area contributed by atoms with Gasteiger partial charge < -0.3 is 82.7 Å². The summed E-state index contributed by atoms with van der Waals surface area (Å²) in [5.41, 5.74) is 2.44. The fourth-order valence-electron chi connectivity index (χ4n) is 7.86. The normalized spacial score (nSPS) is 12.8. The Hall–Kier alpha value is -7.93. The van der Waals surface area contributed by atoms with Crippen LogP contribution >= 0.6 is 12.6 Å². The molecule has 448 valence electrons. The lowest BCUT2D eigenvalue weighted by atomic mass is 10.0. The first-order valence-electron chi connectivity index (χ1n) is 26.9. The zero-order chi connectivity index (χ0) is 60.7. The van der Waals surface area contributed by atoms with Gasteiger partial charge in [0.15, 0.2) is 23.0 Å². The van der Waals surface area contributed by atoms with Crippen LogP contribution in [0.1, 0.15) is 88.5 Å². The first kappa shape index (κ1) is 68.3. The Morgan fingerprint density at radius 2 is 1.15 bits per heavy atom. The van der Waals surface area contributed by atoms with Gasteiger partial charge in [-0.2, -0.15) is 12.6 Å². The number of aldehydes is 1. The largest absolute Gasteiger partial charge is 0.508 e. The van der Waals surface area contributed by atoms with E-state index in [4.69, 9.17) is 9.84 Å². The molecule has 14 N–H and O–H groups in total. The van der Waals surface area contributed by atoms with Crippen LogP contribution in [0.5, 0.6) is 28.7 Å². The van der Waals surface area contributed by atoms with E-state index in [9.17, 15) is 63.9 Å². The highest BCUT2D eigenvalue weighted by atomic mass is 32.1. The van der Waals surface area contributed by atoms with Gasteiger partial charge in [-0.25, -0.2) is 0 Å². The molecule has 4 atom stereocenters. The molecule has 23 nitrogen and oxygen atoms in total. The van der Waals surface area contributed by atoms with Crippen LogP contribution in [0.4, 0.5) is 0 Å². The number of aromatic hydroxyl groups is 5. The van der Waals surface area contributed by atoms with Crippen molar-refractivity contribution in [1.29, 1.82) is 0 Å². The molecular weight excluding hydrogens is 1080 g/mol. The van der Waals surface area contributed by atoms with Crippen molar-refractivity contribution >= 4 is 60.3 Å². The summed E-state index contributed by atoms with van der Waals surface area (Å²) in [7, 11) is 0. The number of hydrogen-bond donors (Lipinski definition) is 15. The highest BCUT2D eigenvalue weighted by Gasteiger charge is 2.28. The Kier molecular flexibility index (Phi) is 29.8. The summed E-state index contributed by atoms with van der Waals surface area (Å²) in [6.07, 6.45) is 4.56. The van der Waals surface area contributed by atoms with Crippen molar-refractivity contribution in [3.8, 4) is 28.7 Å². The van der Waals surface area contributed by atoms with E-state index < -0.39 is 77.8 Å². The Labute approximate surface area is 483 Å². The number of benzene rings is 4. The summed E-state index contributed by atoms with van der Waals surface area (Å²) in [6.45, 7) is 8.29. The van der Waals surface area contributed by atoms with Gasteiger partial charge in [-0.3, -0.25) is 33.6 Å². The fraction of sp³-hybridized carbons (Fsp3) is 0.448. The van der Waals surface area contributed by atoms with E-state index in [-0.39, 0.29) is 66.2 Å². The number of carboxylic acids is 1. The van der Waals surface area contributed by atoms with Crippen LogP contribution in [-0.4, -0.2) is 153 Å². The Bertz CT molecular complexity index is 2700. The maximum Gasteiger partial charge on any atom is 0.322 e. The molecule has 4 aromatic rings. The summed E-state index contributed by atoms with van der Waals surface area (Å²) >= 11 is 4.61. The second kappa shape index (κ2) is 35.7. The highest BCUT2D eigenvalue weighted by Crippen LogP contribution is 2.27. The van der Waals surface area contributed by atoms with Gasteiger partial charge in [0.25, 0.3) is 0 Å². The number of thiol groups is 1. The predicted molar refractivity (Wildman–Crippen MR) is 309 cm³/mol. The van der Waals surface area contributed by atoms with Gasteiger partial charge in [-0.1, -0.05) is 61.5 Å². The highest BCUT2D eigenvalue weighted by molar-refractivity contribution is 7.81. The van der Waals surface area contributed by atoms with E-state index in [1.54, 1.807) is 54.6 Å². The van der Waals surface area contributed by atoms with Crippen molar-refractivity contribution < 1.29 is 73.7 Å². The van der Waals surface area contributed by atoms with Crippen molar-refractivity contribution in [2.24, 2.45) is 0 Å². The number of likely N-dealkylation sites (N-methyl/N-ethyl adjacent to an activating group) is 1. The molecule has 0 aliphatic heterocycles. The summed E-state index contributed by atoms with van der Waals surface area (Å²) < 4.78 is 6.11. The lowest BCUT2D eigenvalue weighted by Gasteiger charge is -2.32. The van der Waals surface area contributed by atoms with Gasteiger partial charge in [0, 0.05) is 25.8 Å². The average Bonchev–Trinajstić information content (AvgIpc) is 3.49. The molecule has 0 saturated carbocycles. The summed E-state index contributed by atoms with van der Waals surface area (Å²) in [5, 5.41) is 77.8. The number of rotatable bonds is 35. The number of nitrogens with one attached hydrogen (secondary N) is 8. The van der Waals surface area contributed by atoms with Crippen molar-refractivity contribution in [3.05, 3.63) is 113 Å². The molecule has 6 amide bonds. The fourth-order valence-corrected chi connectivity index (χ4v) is 8.08. The van der Waals surface area contributed by atoms with Crippen molar-refractivity contribution in [2.75, 3.05) is 45.9 Å². The van der Waals surface area contributed by atoms with Gasteiger partial charge in [0.1, 0.15) is 24.6 Å². The second-order valence-corrected chi connectivity index (χ2v) is 21.2. The zero-order valence-electron chi connectivity index (χ0n) is 46.8. The summed E-state index contributed by atoms with van der Waals surface area (Å²) in [4.78, 5) is 96.7. The molecule has 0 fully saturated rings. The first-order valence-corrected chi connectivity index (χ1v) is 27.3. The topological polar surface area (TPSA) is 363 Å². The number of hydrogen-bond acceptors (Lipinski definition) is 17. The van der Waals surface area contributed by atoms with E-state index in [1.807, 2.05) is 27.7 Å². The number of aliphatic carboxylic acids is 1. The molecule has 82 heavy (non-hydrogen) atoms. The molecule has 4 rings (SSSR count). The molecule has 0 heterocycles. The maximum atomic E-state index is 13.4. The number of unbranched alkanes of at least 4 members (excludes halogenated alkanes) is 1. The molecule has 0 aliphatic carbocycles. The van der Waals surface area contributed by atoms with E-state index >= 15 is 0 Å². The van der Waals surface area contributed by atoms with Crippen molar-refractivity contribution in [3.63, 3.8) is 0 Å². The lowest BCUT2D eigenvalue weighted by molar-refractivity contribution is -0.138. The van der Waals surface area contributed by atoms with Gasteiger partial charge in [0.2, 0.25) is 35.4 Å². The maximum absolute atomic E-state index is 13.4. The second-order valence-electron chi connectivity index (χ2n) is 20.2. The van der Waals surface area contributed by atoms with Crippen molar-refractivity contribution in [2.45, 2.75) is 121 Å². The minimum absolute atomic E-state index is 0.0945. The van der Waals surface area contributed by atoms with Crippen LogP contribution in [0.25, 0.3) is 0 Å². The predicted octanol–water partition coefficient (Wildman–Crippen LogP) is 2.54. The minimum atomic E-state index is -1.23. The smallest absolute Gasteiger partial charge is 0.322 e. The third-order valence-corrected chi connectivity index (χ3v) is 12.8. The van der Waals surface area contributed by atoms with Crippen LogP contribution < -0.4 is 42.5 Å². The molecule has 4 unspecified atom stereocenters. The molecule has 0 saturated heterocycles. The molecule has 4 aromatic carbocycles. The number of ether oxygens (including phenoxy) is 1. The number of carbonyl (C=O) groups is 8. The monoisotopic (exact) mass is 1160 g/mol. The molecule has 24 heteroatoms. The third-order valence-electron chi connectivity index (χ3n) is 12.5. The molecule has 0 bridgehead atoms. The molecule has 0 aromatic heterocycles. The third kappa shape index (κ3) is 28.5. The molecule has 0 aliphatic rings. The van der Waals surface area contributed by atoms with Crippen LogP contribution in [0, 0.1) is 0 Å². The molecule has 0 spiro atoms. The first-order chi connectivity index (χ1) is 38.9. The number of aryl methyl sites for hydroxylation is 2. The number of carbonyl (C=O) groups excluding carboxylic acids is 7. The van der Waals surface area contributed by atoms with E-state index in [0.717, 1.165) is 23.2 Å². The van der Waals surface area contributed by atoms with Gasteiger partial charge >= 0.3 is 5.97 Å². The van der Waals surface area contributed by atoms with Gasteiger partial charge in [-0.05, 0) is 137 Å².